The molecule has 26 heavy (non-hydrogen) atoms. The van der Waals surface area contributed by atoms with Crippen molar-refractivity contribution < 1.29 is 9.21 Å². The minimum absolute atomic E-state index is 0.186. The summed E-state index contributed by atoms with van der Waals surface area (Å²) in [6.45, 7) is 3.14. The Bertz CT molecular complexity index is 1070. The average molecular weight is 346 g/mol. The summed E-state index contributed by atoms with van der Waals surface area (Å²) in [5.74, 6) is 1.16. The summed E-state index contributed by atoms with van der Waals surface area (Å²) in [5.41, 5.74) is 3.51. The van der Waals surface area contributed by atoms with Gasteiger partial charge in [-0.25, -0.2) is 9.97 Å². The third-order valence-electron chi connectivity index (χ3n) is 4.17. The SMILES string of the molecule is Cc1nc2ccccc2n1CCNC(=O)C=Cc1nc2ccccc2o1. The first-order chi connectivity index (χ1) is 12.7. The van der Waals surface area contributed by atoms with Crippen LogP contribution in [-0.4, -0.2) is 27.0 Å². The van der Waals surface area contributed by atoms with Crippen LogP contribution < -0.4 is 5.32 Å². The Hall–Kier alpha value is -3.41. The predicted octanol–water partition coefficient (Wildman–Crippen LogP) is 3.32. The molecule has 0 spiro atoms. The van der Waals surface area contributed by atoms with Crippen LogP contribution in [0.3, 0.4) is 0 Å². The summed E-state index contributed by atoms with van der Waals surface area (Å²) in [5, 5.41) is 2.87. The number of imidazole rings is 1. The fraction of sp³-hybridized carbons (Fsp3) is 0.150. The van der Waals surface area contributed by atoms with Crippen molar-refractivity contribution in [2.45, 2.75) is 13.5 Å². The number of amides is 1. The minimum Gasteiger partial charge on any atom is -0.437 e. The number of nitrogens with one attached hydrogen (secondary N) is 1. The van der Waals surface area contributed by atoms with Crippen LogP contribution in [0.15, 0.2) is 59.0 Å². The van der Waals surface area contributed by atoms with Crippen LogP contribution in [0.4, 0.5) is 0 Å². The molecule has 4 aromatic rings. The number of carbonyl (C=O) groups excluding carboxylic acids is 1. The normalized spacial score (nSPS) is 11.6. The van der Waals surface area contributed by atoms with Gasteiger partial charge in [0.25, 0.3) is 0 Å². The van der Waals surface area contributed by atoms with Gasteiger partial charge >= 0.3 is 0 Å². The average Bonchev–Trinajstić information content (AvgIpc) is 3.20. The van der Waals surface area contributed by atoms with E-state index in [0.717, 1.165) is 22.4 Å². The van der Waals surface area contributed by atoms with Crippen LogP contribution in [0, 0.1) is 6.92 Å². The van der Waals surface area contributed by atoms with Gasteiger partial charge in [0.1, 0.15) is 11.3 Å². The first-order valence-electron chi connectivity index (χ1n) is 8.44. The van der Waals surface area contributed by atoms with E-state index in [4.69, 9.17) is 4.42 Å². The Balaban J connectivity index is 1.37. The zero-order valence-corrected chi connectivity index (χ0v) is 14.3. The lowest BCUT2D eigenvalue weighted by molar-refractivity contribution is -0.116. The van der Waals surface area contributed by atoms with Crippen molar-refractivity contribution >= 4 is 34.1 Å². The minimum atomic E-state index is -0.186. The monoisotopic (exact) mass is 346 g/mol. The zero-order valence-electron chi connectivity index (χ0n) is 14.3. The molecular formula is C20H18N4O2. The number of nitrogens with zero attached hydrogens (tertiary/aromatic N) is 3. The van der Waals surface area contributed by atoms with Crippen molar-refractivity contribution in [1.29, 1.82) is 0 Å². The standard InChI is InChI=1S/C20H18N4O2/c1-14-22-15-6-2-4-8-17(15)24(14)13-12-21-19(25)10-11-20-23-16-7-3-5-9-18(16)26-20/h2-11H,12-13H2,1H3,(H,21,25). The Morgan fingerprint density at radius 3 is 2.73 bits per heavy atom. The van der Waals surface area contributed by atoms with E-state index in [0.29, 0.717) is 24.6 Å². The molecule has 0 saturated heterocycles. The van der Waals surface area contributed by atoms with Gasteiger partial charge in [0.15, 0.2) is 5.58 Å². The van der Waals surface area contributed by atoms with Crippen molar-refractivity contribution in [2.75, 3.05) is 6.54 Å². The molecule has 0 saturated carbocycles. The number of para-hydroxylation sites is 4. The van der Waals surface area contributed by atoms with Gasteiger partial charge in [-0.15, -0.1) is 0 Å². The van der Waals surface area contributed by atoms with E-state index in [2.05, 4.69) is 19.9 Å². The van der Waals surface area contributed by atoms with Crippen LogP contribution in [0.1, 0.15) is 11.7 Å². The van der Waals surface area contributed by atoms with Gasteiger partial charge in [-0.1, -0.05) is 24.3 Å². The van der Waals surface area contributed by atoms with Gasteiger partial charge in [0, 0.05) is 25.2 Å². The van der Waals surface area contributed by atoms with E-state index in [-0.39, 0.29) is 5.91 Å². The van der Waals surface area contributed by atoms with Gasteiger partial charge < -0.3 is 14.3 Å². The highest BCUT2D eigenvalue weighted by Gasteiger charge is 2.07. The summed E-state index contributed by atoms with van der Waals surface area (Å²) in [6, 6.07) is 15.5. The molecule has 0 radical (unpaired) electrons. The van der Waals surface area contributed by atoms with Crippen LogP contribution in [0.25, 0.3) is 28.2 Å². The molecule has 0 aliphatic carbocycles. The summed E-state index contributed by atoms with van der Waals surface area (Å²) >= 11 is 0. The molecule has 0 aliphatic rings. The first kappa shape index (κ1) is 16.1. The molecule has 0 bridgehead atoms. The highest BCUT2D eigenvalue weighted by Crippen LogP contribution is 2.16. The van der Waals surface area contributed by atoms with Gasteiger partial charge in [-0.05, 0) is 31.2 Å². The number of carbonyl (C=O) groups is 1. The molecule has 0 aliphatic heterocycles. The Labute approximate surface area is 150 Å². The number of benzene rings is 2. The quantitative estimate of drug-likeness (QED) is 0.563. The molecular weight excluding hydrogens is 328 g/mol. The van der Waals surface area contributed by atoms with E-state index in [1.165, 1.54) is 6.08 Å². The summed E-state index contributed by atoms with van der Waals surface area (Å²) < 4.78 is 7.65. The third kappa shape index (κ3) is 3.21. The predicted molar refractivity (Wildman–Crippen MR) is 101 cm³/mol. The van der Waals surface area contributed by atoms with E-state index in [1.54, 1.807) is 6.08 Å². The number of rotatable bonds is 5. The lowest BCUT2D eigenvalue weighted by atomic mass is 10.3. The lowest BCUT2D eigenvalue weighted by Gasteiger charge is -2.07. The van der Waals surface area contributed by atoms with Gasteiger partial charge in [0.2, 0.25) is 11.8 Å². The number of hydrogen-bond acceptors (Lipinski definition) is 4. The molecule has 2 heterocycles. The summed E-state index contributed by atoms with van der Waals surface area (Å²) in [4.78, 5) is 20.8. The number of aryl methyl sites for hydroxylation is 1. The second-order valence-corrected chi connectivity index (χ2v) is 5.94. The molecule has 1 amide bonds. The molecule has 2 aromatic carbocycles. The second-order valence-electron chi connectivity index (χ2n) is 5.94. The van der Waals surface area contributed by atoms with Crippen LogP contribution in [-0.2, 0) is 11.3 Å². The van der Waals surface area contributed by atoms with Crippen molar-refractivity contribution in [3.63, 3.8) is 0 Å². The van der Waals surface area contributed by atoms with Gasteiger partial charge in [-0.3, -0.25) is 4.79 Å². The molecule has 0 atom stereocenters. The number of aromatic nitrogens is 3. The lowest BCUT2D eigenvalue weighted by Crippen LogP contribution is -2.25. The number of oxazole rings is 1. The molecule has 0 unspecified atom stereocenters. The highest BCUT2D eigenvalue weighted by atomic mass is 16.3. The topological polar surface area (TPSA) is 73.0 Å². The maximum absolute atomic E-state index is 12.0. The molecule has 130 valence electrons. The number of hydrogen-bond donors (Lipinski definition) is 1. The van der Waals surface area contributed by atoms with Crippen LogP contribution in [0.2, 0.25) is 0 Å². The maximum atomic E-state index is 12.0. The zero-order chi connectivity index (χ0) is 17.9. The van der Waals surface area contributed by atoms with Crippen molar-refractivity contribution in [2.24, 2.45) is 0 Å². The smallest absolute Gasteiger partial charge is 0.244 e. The maximum Gasteiger partial charge on any atom is 0.244 e. The van der Waals surface area contributed by atoms with E-state index >= 15 is 0 Å². The molecule has 6 nitrogen and oxygen atoms in total. The van der Waals surface area contributed by atoms with E-state index in [9.17, 15) is 4.79 Å². The van der Waals surface area contributed by atoms with Crippen molar-refractivity contribution in [3.8, 4) is 0 Å². The molecule has 0 fully saturated rings. The summed E-state index contributed by atoms with van der Waals surface area (Å²) in [6.07, 6.45) is 3.01. The van der Waals surface area contributed by atoms with E-state index in [1.807, 2.05) is 55.5 Å². The van der Waals surface area contributed by atoms with Gasteiger partial charge in [0.05, 0.1) is 11.0 Å². The first-order valence-corrected chi connectivity index (χ1v) is 8.44. The molecule has 4 rings (SSSR count). The van der Waals surface area contributed by atoms with Crippen molar-refractivity contribution in [3.05, 3.63) is 66.3 Å². The summed E-state index contributed by atoms with van der Waals surface area (Å²) in [7, 11) is 0. The third-order valence-corrected chi connectivity index (χ3v) is 4.17. The Morgan fingerprint density at radius 2 is 1.88 bits per heavy atom. The van der Waals surface area contributed by atoms with Gasteiger partial charge in [-0.2, -0.15) is 0 Å². The molecule has 2 aromatic heterocycles. The Kier molecular flexibility index (Phi) is 4.23. The van der Waals surface area contributed by atoms with Crippen LogP contribution in [0.5, 0.6) is 0 Å². The molecule has 1 N–H and O–H groups in total. The van der Waals surface area contributed by atoms with Crippen molar-refractivity contribution in [1.82, 2.24) is 19.9 Å². The van der Waals surface area contributed by atoms with E-state index < -0.39 is 0 Å². The Morgan fingerprint density at radius 1 is 1.12 bits per heavy atom. The largest absolute Gasteiger partial charge is 0.437 e. The highest BCUT2D eigenvalue weighted by molar-refractivity contribution is 5.91. The number of fused-ring (bicyclic) bond motifs is 2. The molecule has 6 heteroatoms. The second kappa shape index (κ2) is 6.84. The van der Waals surface area contributed by atoms with Crippen LogP contribution >= 0.6 is 0 Å². The fourth-order valence-corrected chi connectivity index (χ4v) is 2.94. The fourth-order valence-electron chi connectivity index (χ4n) is 2.94.